The maximum Gasteiger partial charge on any atom is 0.267 e. The molecule has 1 fully saturated rings. The Morgan fingerprint density at radius 2 is 1.76 bits per heavy atom. The summed E-state index contributed by atoms with van der Waals surface area (Å²) >= 11 is 0. The number of aryl methyl sites for hydroxylation is 1. The third-order valence-electron chi connectivity index (χ3n) is 4.61. The number of benzene rings is 2. The molecular weight excluding hydrogens is 388 g/mol. The Labute approximate surface area is 170 Å². The number of amides is 1. The van der Waals surface area contributed by atoms with Crippen molar-refractivity contribution in [3.05, 3.63) is 71.9 Å². The van der Waals surface area contributed by atoms with Crippen LogP contribution in [0.25, 0.3) is 0 Å². The molecule has 8 heteroatoms. The lowest BCUT2D eigenvalue weighted by atomic mass is 10.2. The van der Waals surface area contributed by atoms with Gasteiger partial charge in [-0.15, -0.1) is 0 Å². The summed E-state index contributed by atoms with van der Waals surface area (Å²) in [6.07, 6.45) is 1.50. The van der Waals surface area contributed by atoms with Gasteiger partial charge in [0.2, 0.25) is 10.0 Å². The molecule has 7 nitrogen and oxygen atoms in total. The number of nitrogens with one attached hydrogen (secondary N) is 1. The van der Waals surface area contributed by atoms with Crippen molar-refractivity contribution in [3.63, 3.8) is 0 Å². The average molecular weight is 410 g/mol. The van der Waals surface area contributed by atoms with E-state index in [1.165, 1.54) is 10.5 Å². The van der Waals surface area contributed by atoms with Crippen LogP contribution in [0.1, 0.15) is 5.56 Å². The summed E-state index contributed by atoms with van der Waals surface area (Å²) in [5.41, 5.74) is 1.60. The smallest absolute Gasteiger partial charge is 0.267 e. The van der Waals surface area contributed by atoms with E-state index in [2.05, 4.69) is 5.32 Å². The Kier molecular flexibility index (Phi) is 6.32. The summed E-state index contributed by atoms with van der Waals surface area (Å²) in [4.78, 5) is 14.5. The minimum atomic E-state index is -3.54. The molecule has 29 heavy (non-hydrogen) atoms. The van der Waals surface area contributed by atoms with Crippen molar-refractivity contribution in [2.75, 3.05) is 31.5 Å². The highest BCUT2D eigenvalue weighted by molar-refractivity contribution is 7.89. The van der Waals surface area contributed by atoms with Crippen LogP contribution in [0.2, 0.25) is 0 Å². The third kappa shape index (κ3) is 5.02. The molecule has 3 rings (SSSR count). The number of rotatable bonds is 5. The number of nitrogens with zero attached hydrogens (tertiary/aromatic N) is 3. The van der Waals surface area contributed by atoms with Gasteiger partial charge in [0.1, 0.15) is 11.6 Å². The van der Waals surface area contributed by atoms with Gasteiger partial charge >= 0.3 is 0 Å². The predicted molar refractivity (Wildman–Crippen MR) is 110 cm³/mol. The Bertz CT molecular complexity index is 1050. The van der Waals surface area contributed by atoms with E-state index in [1.54, 1.807) is 41.3 Å². The monoisotopic (exact) mass is 410 g/mol. The highest BCUT2D eigenvalue weighted by Gasteiger charge is 2.28. The summed E-state index contributed by atoms with van der Waals surface area (Å²) < 4.78 is 26.8. The minimum absolute atomic E-state index is 0.0223. The molecule has 1 aliphatic rings. The largest absolute Gasteiger partial charge is 0.373 e. The van der Waals surface area contributed by atoms with Crippen molar-refractivity contribution >= 4 is 21.6 Å². The highest BCUT2D eigenvalue weighted by Crippen LogP contribution is 2.18. The average Bonchev–Trinajstić information content (AvgIpc) is 2.73. The molecule has 1 saturated heterocycles. The standard InChI is InChI=1S/C21H22N4O3S/c1-17-6-5-7-19(14-17)23-21(26)18(15-22)16-24-10-12-25(13-11-24)29(27,28)20-8-3-2-4-9-20/h2-9,14,16H,10-13H2,1H3,(H,23,26)/b18-16-. The quantitative estimate of drug-likeness (QED) is 0.603. The van der Waals surface area contributed by atoms with Crippen molar-refractivity contribution in [1.29, 1.82) is 5.26 Å². The fourth-order valence-electron chi connectivity index (χ4n) is 3.06. The zero-order valence-corrected chi connectivity index (χ0v) is 16.9. The van der Waals surface area contributed by atoms with Crippen molar-refractivity contribution < 1.29 is 13.2 Å². The van der Waals surface area contributed by atoms with Crippen LogP contribution in [0.3, 0.4) is 0 Å². The second-order valence-corrected chi connectivity index (χ2v) is 8.67. The summed E-state index contributed by atoms with van der Waals surface area (Å²) in [7, 11) is -3.54. The number of hydrogen-bond acceptors (Lipinski definition) is 5. The fraction of sp³-hybridized carbons (Fsp3) is 0.238. The van der Waals surface area contributed by atoms with Gasteiger partial charge in [0.05, 0.1) is 4.90 Å². The molecular formula is C21H22N4O3S. The molecule has 1 N–H and O–H groups in total. The highest BCUT2D eigenvalue weighted by atomic mass is 32.2. The lowest BCUT2D eigenvalue weighted by molar-refractivity contribution is -0.112. The molecule has 1 heterocycles. The summed E-state index contributed by atoms with van der Waals surface area (Å²) in [5.74, 6) is -0.488. The number of carbonyl (C=O) groups excluding carboxylic acids is 1. The lowest BCUT2D eigenvalue weighted by Crippen LogP contribution is -2.46. The van der Waals surface area contributed by atoms with Crippen molar-refractivity contribution in [1.82, 2.24) is 9.21 Å². The van der Waals surface area contributed by atoms with E-state index in [-0.39, 0.29) is 23.6 Å². The maximum absolute atomic E-state index is 12.7. The minimum Gasteiger partial charge on any atom is -0.373 e. The van der Waals surface area contributed by atoms with Crippen LogP contribution in [0, 0.1) is 18.3 Å². The number of anilines is 1. The third-order valence-corrected chi connectivity index (χ3v) is 6.52. The Morgan fingerprint density at radius 3 is 2.38 bits per heavy atom. The number of hydrogen-bond donors (Lipinski definition) is 1. The first-order valence-electron chi connectivity index (χ1n) is 9.19. The van der Waals surface area contributed by atoms with Gasteiger partial charge in [-0.1, -0.05) is 30.3 Å². The van der Waals surface area contributed by atoms with Gasteiger partial charge in [-0.3, -0.25) is 4.79 Å². The van der Waals surface area contributed by atoms with E-state index in [0.29, 0.717) is 18.8 Å². The van der Waals surface area contributed by atoms with Gasteiger partial charge in [-0.2, -0.15) is 9.57 Å². The molecule has 1 amide bonds. The van der Waals surface area contributed by atoms with Crippen LogP contribution in [-0.2, 0) is 14.8 Å². The van der Waals surface area contributed by atoms with E-state index >= 15 is 0 Å². The Hall–Kier alpha value is -3.15. The van der Waals surface area contributed by atoms with Gasteiger partial charge in [-0.05, 0) is 36.8 Å². The number of sulfonamides is 1. The SMILES string of the molecule is Cc1cccc(NC(=O)/C(C#N)=C\N2CCN(S(=O)(=O)c3ccccc3)CC2)c1. The molecule has 1 aliphatic heterocycles. The number of carbonyl (C=O) groups is 1. The van der Waals surface area contributed by atoms with Gasteiger partial charge in [0, 0.05) is 38.1 Å². The van der Waals surface area contributed by atoms with E-state index in [9.17, 15) is 18.5 Å². The maximum atomic E-state index is 12.7. The molecule has 0 spiro atoms. The van der Waals surface area contributed by atoms with Crippen LogP contribution >= 0.6 is 0 Å². The van der Waals surface area contributed by atoms with Crippen molar-refractivity contribution in [2.45, 2.75) is 11.8 Å². The molecule has 0 atom stereocenters. The molecule has 0 unspecified atom stereocenters. The number of piperazine rings is 1. The normalized spacial score (nSPS) is 15.6. The summed E-state index contributed by atoms with van der Waals surface area (Å²) in [6, 6.07) is 17.6. The molecule has 0 radical (unpaired) electrons. The van der Waals surface area contributed by atoms with Crippen LogP contribution in [0.15, 0.2) is 71.3 Å². The molecule has 0 aliphatic carbocycles. The zero-order valence-electron chi connectivity index (χ0n) is 16.1. The van der Waals surface area contributed by atoms with Crippen LogP contribution in [-0.4, -0.2) is 49.7 Å². The first-order valence-corrected chi connectivity index (χ1v) is 10.6. The molecule has 0 aromatic heterocycles. The zero-order chi connectivity index (χ0) is 20.9. The van der Waals surface area contributed by atoms with E-state index in [4.69, 9.17) is 0 Å². The van der Waals surface area contributed by atoms with Gasteiger partial charge in [0.25, 0.3) is 5.91 Å². The second-order valence-electron chi connectivity index (χ2n) is 6.73. The molecule has 2 aromatic carbocycles. The Balaban J connectivity index is 1.64. The Morgan fingerprint density at radius 1 is 1.07 bits per heavy atom. The van der Waals surface area contributed by atoms with Crippen LogP contribution < -0.4 is 5.32 Å². The topological polar surface area (TPSA) is 93.5 Å². The molecule has 0 saturated carbocycles. The van der Waals surface area contributed by atoms with Crippen molar-refractivity contribution in [2.24, 2.45) is 0 Å². The lowest BCUT2D eigenvalue weighted by Gasteiger charge is -2.33. The first kappa shape index (κ1) is 20.6. The van der Waals surface area contributed by atoms with E-state index < -0.39 is 15.9 Å². The summed E-state index contributed by atoms with van der Waals surface area (Å²) in [6.45, 7) is 3.28. The van der Waals surface area contributed by atoms with Crippen LogP contribution in [0.5, 0.6) is 0 Å². The fourth-order valence-corrected chi connectivity index (χ4v) is 4.50. The molecule has 2 aromatic rings. The van der Waals surface area contributed by atoms with Gasteiger partial charge < -0.3 is 10.2 Å². The predicted octanol–water partition coefficient (Wildman–Crippen LogP) is 2.35. The van der Waals surface area contributed by atoms with Crippen LogP contribution in [0.4, 0.5) is 5.69 Å². The van der Waals surface area contributed by atoms with E-state index in [1.807, 2.05) is 31.2 Å². The second kappa shape index (κ2) is 8.90. The first-order chi connectivity index (χ1) is 13.9. The van der Waals surface area contributed by atoms with Gasteiger partial charge in [-0.25, -0.2) is 8.42 Å². The number of nitriles is 1. The van der Waals surface area contributed by atoms with E-state index in [0.717, 1.165) is 5.56 Å². The summed E-state index contributed by atoms with van der Waals surface area (Å²) in [5, 5.41) is 12.1. The van der Waals surface area contributed by atoms with Gasteiger partial charge in [0.15, 0.2) is 0 Å². The molecule has 0 bridgehead atoms. The molecule has 150 valence electrons. The van der Waals surface area contributed by atoms with Crippen molar-refractivity contribution in [3.8, 4) is 6.07 Å².